The molecular formula is C21H20N6O2S. The molecule has 1 aromatic carbocycles. The Kier molecular flexibility index (Phi) is 5.28. The van der Waals surface area contributed by atoms with Gasteiger partial charge in [-0.1, -0.05) is 51.1 Å². The van der Waals surface area contributed by atoms with Crippen LogP contribution >= 0.6 is 11.3 Å². The summed E-state index contributed by atoms with van der Waals surface area (Å²) >= 11 is 1.37. The lowest BCUT2D eigenvalue weighted by Crippen LogP contribution is -2.19. The van der Waals surface area contributed by atoms with E-state index < -0.39 is 5.91 Å². The fraction of sp³-hybridized carbons (Fsp3) is 0.190. The molecule has 152 valence electrons. The van der Waals surface area contributed by atoms with Gasteiger partial charge in [0.05, 0.1) is 12.0 Å². The van der Waals surface area contributed by atoms with Gasteiger partial charge in [-0.05, 0) is 22.6 Å². The van der Waals surface area contributed by atoms with Crippen molar-refractivity contribution < 1.29 is 9.21 Å². The molecule has 3 aromatic heterocycles. The number of thiazole rings is 1. The maximum absolute atomic E-state index is 13.2. The Bertz CT molecular complexity index is 1170. The van der Waals surface area contributed by atoms with Crippen LogP contribution in [0.2, 0.25) is 0 Å². The maximum atomic E-state index is 13.2. The number of anilines is 1. The molecule has 4 rings (SSSR count). The molecule has 0 fully saturated rings. The Hall–Kier alpha value is -3.59. The fourth-order valence-corrected chi connectivity index (χ4v) is 3.62. The minimum absolute atomic E-state index is 0.109. The molecule has 4 aromatic rings. The highest BCUT2D eigenvalue weighted by Crippen LogP contribution is 2.27. The summed E-state index contributed by atoms with van der Waals surface area (Å²) in [6.45, 7) is 6.22. The van der Waals surface area contributed by atoms with Gasteiger partial charge >= 0.3 is 0 Å². The van der Waals surface area contributed by atoms with Gasteiger partial charge in [0.15, 0.2) is 11.0 Å². The molecule has 0 radical (unpaired) electrons. The largest absolute Gasteiger partial charge is 0.465 e. The molecule has 0 saturated heterocycles. The summed E-state index contributed by atoms with van der Waals surface area (Å²) in [5, 5.41) is 17.2. The lowest BCUT2D eigenvalue weighted by Gasteiger charge is -2.14. The first kappa shape index (κ1) is 19.7. The van der Waals surface area contributed by atoms with Gasteiger partial charge in [-0.2, -0.15) is 4.68 Å². The number of amides is 1. The number of rotatable bonds is 5. The maximum Gasteiger partial charge on any atom is 0.276 e. The second kappa shape index (κ2) is 8.03. The molecule has 1 amide bonds. The molecule has 0 atom stereocenters. The number of carbonyl (C=O) groups is 1. The van der Waals surface area contributed by atoms with Crippen LogP contribution in [-0.4, -0.2) is 31.1 Å². The second-order valence-electron chi connectivity index (χ2n) is 7.57. The second-order valence-corrected chi connectivity index (χ2v) is 8.43. The minimum Gasteiger partial charge on any atom is -0.465 e. The number of hydrogen-bond donors (Lipinski definition) is 1. The molecule has 0 bridgehead atoms. The molecule has 1 N–H and O–H groups in total. The van der Waals surface area contributed by atoms with Gasteiger partial charge in [-0.15, -0.1) is 16.4 Å². The van der Waals surface area contributed by atoms with Crippen molar-refractivity contribution in [3.8, 4) is 11.4 Å². The van der Waals surface area contributed by atoms with E-state index in [-0.39, 0.29) is 11.1 Å². The van der Waals surface area contributed by atoms with E-state index in [0.29, 0.717) is 16.7 Å². The van der Waals surface area contributed by atoms with Crippen molar-refractivity contribution in [3.63, 3.8) is 0 Å². The number of nitrogens with zero attached hydrogens (tertiary/aromatic N) is 5. The van der Waals surface area contributed by atoms with Crippen LogP contribution in [-0.2, 0) is 10.2 Å². The van der Waals surface area contributed by atoms with E-state index in [1.807, 2.05) is 35.7 Å². The Labute approximate surface area is 177 Å². The lowest BCUT2D eigenvalue weighted by molar-refractivity contribution is -0.111. The van der Waals surface area contributed by atoms with E-state index >= 15 is 0 Å². The zero-order valence-electron chi connectivity index (χ0n) is 16.7. The van der Waals surface area contributed by atoms with Crippen molar-refractivity contribution in [3.05, 3.63) is 65.6 Å². The van der Waals surface area contributed by atoms with Gasteiger partial charge in [-0.3, -0.25) is 10.1 Å². The standard InChI is InChI=1S/C21H20N6O2S/c1-21(2,3)17-13-30-20(22-17)23-19(28)16(12-15-10-7-11-29-15)27-18(24-25-26-27)14-8-5-4-6-9-14/h4-13H,1-3H3,(H,22,23,28)/b16-12-. The smallest absolute Gasteiger partial charge is 0.276 e. The monoisotopic (exact) mass is 420 g/mol. The summed E-state index contributed by atoms with van der Waals surface area (Å²) in [7, 11) is 0. The Morgan fingerprint density at radius 3 is 2.63 bits per heavy atom. The van der Waals surface area contributed by atoms with Crippen molar-refractivity contribution in [1.82, 2.24) is 25.2 Å². The van der Waals surface area contributed by atoms with Crippen LogP contribution in [0, 0.1) is 0 Å². The average Bonchev–Trinajstić information content (AvgIpc) is 3.47. The van der Waals surface area contributed by atoms with Crippen molar-refractivity contribution in [2.45, 2.75) is 26.2 Å². The minimum atomic E-state index is -0.398. The summed E-state index contributed by atoms with van der Waals surface area (Å²) in [6.07, 6.45) is 3.13. The number of benzene rings is 1. The first-order chi connectivity index (χ1) is 14.4. The summed E-state index contributed by atoms with van der Waals surface area (Å²) in [6, 6.07) is 12.9. The normalized spacial score (nSPS) is 12.2. The first-order valence-corrected chi connectivity index (χ1v) is 10.2. The summed E-state index contributed by atoms with van der Waals surface area (Å²) in [5.41, 5.74) is 1.79. The van der Waals surface area contributed by atoms with E-state index in [1.54, 1.807) is 18.2 Å². The van der Waals surface area contributed by atoms with E-state index in [0.717, 1.165) is 11.3 Å². The molecule has 30 heavy (non-hydrogen) atoms. The third-order valence-corrected chi connectivity index (χ3v) is 5.04. The number of carbonyl (C=O) groups excluding carboxylic acids is 1. The van der Waals surface area contributed by atoms with Crippen LogP contribution in [0.5, 0.6) is 0 Å². The third-order valence-electron chi connectivity index (χ3n) is 4.28. The van der Waals surface area contributed by atoms with Crippen LogP contribution in [0.25, 0.3) is 23.2 Å². The van der Waals surface area contributed by atoms with Crippen LogP contribution in [0.1, 0.15) is 32.2 Å². The molecule has 8 nitrogen and oxygen atoms in total. The van der Waals surface area contributed by atoms with Crippen LogP contribution in [0.4, 0.5) is 5.13 Å². The van der Waals surface area contributed by atoms with Gasteiger partial charge < -0.3 is 4.42 Å². The molecule has 3 heterocycles. The van der Waals surface area contributed by atoms with Gasteiger partial charge in [0.25, 0.3) is 5.91 Å². The van der Waals surface area contributed by atoms with E-state index in [9.17, 15) is 4.79 Å². The molecular weight excluding hydrogens is 400 g/mol. The fourth-order valence-electron chi connectivity index (χ4n) is 2.68. The predicted octanol–water partition coefficient (Wildman–Crippen LogP) is 4.32. The molecule has 0 spiro atoms. The van der Waals surface area contributed by atoms with Crippen LogP contribution in [0.15, 0.2) is 58.5 Å². The summed E-state index contributed by atoms with van der Waals surface area (Å²) < 4.78 is 6.80. The van der Waals surface area contributed by atoms with E-state index in [4.69, 9.17) is 4.42 Å². The topological polar surface area (TPSA) is 98.7 Å². The van der Waals surface area contributed by atoms with Gasteiger partial charge in [-0.25, -0.2) is 4.98 Å². The van der Waals surface area contributed by atoms with Crippen molar-refractivity contribution in [1.29, 1.82) is 0 Å². The number of aromatic nitrogens is 5. The van der Waals surface area contributed by atoms with E-state index in [1.165, 1.54) is 22.3 Å². The highest BCUT2D eigenvalue weighted by Gasteiger charge is 2.22. The molecule has 9 heteroatoms. The Morgan fingerprint density at radius 2 is 1.97 bits per heavy atom. The highest BCUT2D eigenvalue weighted by molar-refractivity contribution is 7.14. The lowest BCUT2D eigenvalue weighted by atomic mass is 9.93. The van der Waals surface area contributed by atoms with Gasteiger partial charge in [0.2, 0.25) is 0 Å². The first-order valence-electron chi connectivity index (χ1n) is 9.28. The van der Waals surface area contributed by atoms with E-state index in [2.05, 4.69) is 46.6 Å². The van der Waals surface area contributed by atoms with Gasteiger partial charge in [0, 0.05) is 22.4 Å². The molecule has 0 aliphatic heterocycles. The number of nitrogens with one attached hydrogen (secondary N) is 1. The Balaban J connectivity index is 1.71. The highest BCUT2D eigenvalue weighted by atomic mass is 32.1. The summed E-state index contributed by atoms with van der Waals surface area (Å²) in [5.74, 6) is 0.549. The number of tetrazole rings is 1. The van der Waals surface area contributed by atoms with Gasteiger partial charge in [0.1, 0.15) is 11.5 Å². The van der Waals surface area contributed by atoms with Crippen molar-refractivity contribution in [2.75, 3.05) is 5.32 Å². The van der Waals surface area contributed by atoms with Crippen LogP contribution < -0.4 is 5.32 Å². The summed E-state index contributed by atoms with van der Waals surface area (Å²) in [4.78, 5) is 17.7. The zero-order chi connectivity index (χ0) is 21.1. The molecule has 0 saturated carbocycles. The number of furan rings is 1. The third kappa shape index (κ3) is 4.20. The molecule has 0 unspecified atom stereocenters. The molecule has 0 aliphatic carbocycles. The zero-order valence-corrected chi connectivity index (χ0v) is 17.6. The quantitative estimate of drug-likeness (QED) is 0.483. The van der Waals surface area contributed by atoms with Crippen LogP contribution in [0.3, 0.4) is 0 Å². The van der Waals surface area contributed by atoms with Crippen molar-refractivity contribution in [2.24, 2.45) is 0 Å². The number of hydrogen-bond acceptors (Lipinski definition) is 7. The predicted molar refractivity (Wildman–Crippen MR) is 116 cm³/mol. The average molecular weight is 420 g/mol. The molecule has 0 aliphatic rings. The SMILES string of the molecule is CC(C)(C)c1csc(NC(=O)/C(=C/c2ccco2)n2nnnc2-c2ccccc2)n1. The Morgan fingerprint density at radius 1 is 1.17 bits per heavy atom. The van der Waals surface area contributed by atoms with Crippen molar-refractivity contribution >= 4 is 34.1 Å².